The van der Waals surface area contributed by atoms with Gasteiger partial charge in [-0.05, 0) is 48.8 Å². The molecular weight excluding hydrogens is 345 g/mol. The molecule has 5 heteroatoms. The van der Waals surface area contributed by atoms with Crippen molar-refractivity contribution in [1.82, 2.24) is 4.90 Å². The molecule has 4 rings (SSSR count). The molecule has 2 heterocycles. The number of nitrogens with zero attached hydrogens (tertiary/aromatic N) is 1. The molecule has 0 saturated heterocycles. The molecule has 2 aliphatic heterocycles. The normalized spacial score (nSPS) is 33.0. The van der Waals surface area contributed by atoms with Crippen molar-refractivity contribution < 1.29 is 18.7 Å². The number of rotatable bonds is 3. The van der Waals surface area contributed by atoms with Crippen molar-refractivity contribution in [2.75, 3.05) is 6.54 Å². The van der Waals surface area contributed by atoms with Crippen LogP contribution in [0.2, 0.25) is 0 Å². The van der Waals surface area contributed by atoms with E-state index in [2.05, 4.69) is 13.8 Å². The largest absolute Gasteiger partial charge is 0.483 e. The summed E-state index contributed by atoms with van der Waals surface area (Å²) >= 11 is 0. The second kappa shape index (κ2) is 6.77. The van der Waals surface area contributed by atoms with Crippen LogP contribution in [0.25, 0.3) is 0 Å². The van der Waals surface area contributed by atoms with E-state index in [0.29, 0.717) is 18.0 Å². The molecule has 27 heavy (non-hydrogen) atoms. The lowest BCUT2D eigenvalue weighted by atomic mass is 9.69. The lowest BCUT2D eigenvalue weighted by Crippen LogP contribution is -2.45. The number of amides is 1. The molecule has 1 aromatic rings. The highest BCUT2D eigenvalue weighted by molar-refractivity contribution is 6.11. The molecule has 5 unspecified atom stereocenters. The van der Waals surface area contributed by atoms with Crippen LogP contribution in [0.5, 0.6) is 0 Å². The summed E-state index contributed by atoms with van der Waals surface area (Å²) in [4.78, 5) is 28.3. The fraction of sp³-hybridized carbons (Fsp3) is 0.545. The quantitative estimate of drug-likeness (QED) is 0.806. The van der Waals surface area contributed by atoms with Gasteiger partial charge in [-0.3, -0.25) is 9.59 Å². The van der Waals surface area contributed by atoms with Gasteiger partial charge in [0.15, 0.2) is 11.5 Å². The summed E-state index contributed by atoms with van der Waals surface area (Å²) in [6, 6.07) is 5.61. The molecule has 4 nitrogen and oxygen atoms in total. The van der Waals surface area contributed by atoms with Gasteiger partial charge in [-0.15, -0.1) is 0 Å². The first-order valence-corrected chi connectivity index (χ1v) is 9.93. The van der Waals surface area contributed by atoms with Gasteiger partial charge in [0.1, 0.15) is 11.9 Å². The number of carbonyl (C=O) groups excluding carboxylic acids is 2. The Labute approximate surface area is 159 Å². The number of carbonyl (C=O) groups is 2. The van der Waals surface area contributed by atoms with E-state index in [9.17, 15) is 14.0 Å². The number of fused-ring (bicyclic) bond motifs is 1. The van der Waals surface area contributed by atoms with Gasteiger partial charge in [0.2, 0.25) is 0 Å². The van der Waals surface area contributed by atoms with Crippen LogP contribution < -0.4 is 0 Å². The highest BCUT2D eigenvalue weighted by atomic mass is 19.1. The first-order valence-electron chi connectivity index (χ1n) is 9.93. The molecule has 3 aliphatic rings. The summed E-state index contributed by atoms with van der Waals surface area (Å²) in [5, 5.41) is 0. The number of hydrogen-bond donors (Lipinski definition) is 0. The van der Waals surface area contributed by atoms with E-state index in [-0.39, 0.29) is 41.2 Å². The molecule has 0 N–H and O–H groups in total. The molecule has 0 aromatic heterocycles. The summed E-state index contributed by atoms with van der Waals surface area (Å²) in [5.74, 6) is 0.237. The monoisotopic (exact) mass is 371 g/mol. The van der Waals surface area contributed by atoms with Gasteiger partial charge in [0.05, 0.1) is 17.5 Å². The Hall–Kier alpha value is -2.17. The average molecular weight is 371 g/mol. The van der Waals surface area contributed by atoms with Crippen LogP contribution in [-0.2, 0) is 14.3 Å². The third-order valence-electron chi connectivity index (χ3n) is 6.19. The van der Waals surface area contributed by atoms with Gasteiger partial charge in [0.25, 0.3) is 5.91 Å². The predicted molar refractivity (Wildman–Crippen MR) is 99.1 cm³/mol. The maximum atomic E-state index is 13.5. The second-order valence-electron chi connectivity index (χ2n) is 8.30. The summed E-state index contributed by atoms with van der Waals surface area (Å²) in [7, 11) is 0. The second-order valence-corrected chi connectivity index (χ2v) is 8.30. The first kappa shape index (κ1) is 18.2. The standard InChI is InChI=1S/C22H26FNO3/c1-4-9-24-19(14-5-7-15(23)8-6-14)18-20(25)17-13(3)10-12(2)11-16(17)27-21(18)22(24)26/h5-8,12-13,16-17,19H,4,9-11H2,1-3H3. The number of ketones is 1. The molecule has 0 bridgehead atoms. The van der Waals surface area contributed by atoms with Crippen molar-refractivity contribution in [3.63, 3.8) is 0 Å². The fourth-order valence-electron chi connectivity index (χ4n) is 5.13. The molecule has 144 valence electrons. The Bertz CT molecular complexity index is 800. The van der Waals surface area contributed by atoms with Gasteiger partial charge in [-0.2, -0.15) is 0 Å². The van der Waals surface area contributed by atoms with Crippen molar-refractivity contribution in [3.05, 3.63) is 47.0 Å². The minimum absolute atomic E-state index is 0.0435. The zero-order valence-electron chi connectivity index (χ0n) is 16.1. The molecular formula is C22H26FNO3. The van der Waals surface area contributed by atoms with E-state index >= 15 is 0 Å². The number of halogens is 1. The maximum absolute atomic E-state index is 13.5. The highest BCUT2D eigenvalue weighted by Gasteiger charge is 2.53. The topological polar surface area (TPSA) is 46.6 Å². The van der Waals surface area contributed by atoms with Crippen LogP contribution in [0.4, 0.5) is 4.39 Å². The molecule has 1 amide bonds. The number of hydrogen-bond acceptors (Lipinski definition) is 3. The van der Waals surface area contributed by atoms with Crippen molar-refractivity contribution >= 4 is 11.7 Å². The Kier molecular flexibility index (Phi) is 4.57. The van der Waals surface area contributed by atoms with Crippen LogP contribution in [-0.4, -0.2) is 29.2 Å². The molecule has 5 atom stereocenters. The Morgan fingerprint density at radius 3 is 2.52 bits per heavy atom. The van der Waals surface area contributed by atoms with Gasteiger partial charge >= 0.3 is 0 Å². The van der Waals surface area contributed by atoms with E-state index in [4.69, 9.17) is 4.74 Å². The third kappa shape index (κ3) is 2.88. The van der Waals surface area contributed by atoms with Crippen molar-refractivity contribution in [3.8, 4) is 0 Å². The average Bonchev–Trinajstić information content (AvgIpc) is 2.88. The van der Waals surface area contributed by atoms with Crippen LogP contribution in [0, 0.1) is 23.6 Å². The van der Waals surface area contributed by atoms with E-state index in [1.54, 1.807) is 17.0 Å². The molecule has 1 aromatic carbocycles. The van der Waals surface area contributed by atoms with Crippen molar-refractivity contribution in [2.24, 2.45) is 17.8 Å². The van der Waals surface area contributed by atoms with Crippen molar-refractivity contribution in [2.45, 2.75) is 52.2 Å². The minimum atomic E-state index is -0.479. The van der Waals surface area contributed by atoms with Crippen LogP contribution in [0.3, 0.4) is 0 Å². The lowest BCUT2D eigenvalue weighted by molar-refractivity contribution is -0.138. The maximum Gasteiger partial charge on any atom is 0.290 e. The number of benzene rings is 1. The lowest BCUT2D eigenvalue weighted by Gasteiger charge is -2.41. The molecule has 0 radical (unpaired) electrons. The Balaban J connectivity index is 1.79. The fourth-order valence-corrected chi connectivity index (χ4v) is 5.13. The summed E-state index contributed by atoms with van der Waals surface area (Å²) in [5.41, 5.74) is 1.23. The van der Waals surface area contributed by atoms with E-state index < -0.39 is 6.04 Å². The highest BCUT2D eigenvalue weighted by Crippen LogP contribution is 2.48. The van der Waals surface area contributed by atoms with E-state index in [1.807, 2.05) is 6.92 Å². The number of Topliss-reactive ketones (excluding diaryl/α,β-unsaturated/α-hetero) is 1. The van der Waals surface area contributed by atoms with Gasteiger partial charge in [-0.1, -0.05) is 32.9 Å². The summed E-state index contributed by atoms with van der Waals surface area (Å²) in [6.07, 6.45) is 2.36. The smallest absolute Gasteiger partial charge is 0.290 e. The van der Waals surface area contributed by atoms with Gasteiger partial charge in [-0.25, -0.2) is 4.39 Å². The molecule has 1 fully saturated rings. The Morgan fingerprint density at radius 1 is 1.15 bits per heavy atom. The van der Waals surface area contributed by atoms with Crippen LogP contribution in [0.1, 0.15) is 51.6 Å². The van der Waals surface area contributed by atoms with Crippen LogP contribution >= 0.6 is 0 Å². The van der Waals surface area contributed by atoms with Gasteiger partial charge < -0.3 is 9.64 Å². The first-order chi connectivity index (χ1) is 12.9. The molecule has 1 saturated carbocycles. The van der Waals surface area contributed by atoms with Crippen molar-refractivity contribution in [1.29, 1.82) is 0 Å². The molecule has 1 aliphatic carbocycles. The summed E-state index contributed by atoms with van der Waals surface area (Å²) < 4.78 is 19.6. The molecule has 0 spiro atoms. The number of ether oxygens (including phenoxy) is 1. The van der Waals surface area contributed by atoms with E-state index in [0.717, 1.165) is 24.8 Å². The summed E-state index contributed by atoms with van der Waals surface area (Å²) in [6.45, 7) is 6.81. The van der Waals surface area contributed by atoms with Crippen LogP contribution in [0.15, 0.2) is 35.6 Å². The third-order valence-corrected chi connectivity index (χ3v) is 6.19. The minimum Gasteiger partial charge on any atom is -0.483 e. The zero-order valence-corrected chi connectivity index (χ0v) is 16.1. The van der Waals surface area contributed by atoms with Gasteiger partial charge in [0, 0.05) is 6.54 Å². The SMILES string of the molecule is CCCN1C(=O)C2=C(C(=O)C3C(C)CC(C)CC3O2)C1c1ccc(F)cc1. The zero-order chi connectivity index (χ0) is 19.3. The predicted octanol–water partition coefficient (Wildman–Crippen LogP) is 4.02. The van der Waals surface area contributed by atoms with E-state index in [1.165, 1.54) is 12.1 Å². The Morgan fingerprint density at radius 2 is 1.85 bits per heavy atom.